The Kier molecular flexibility index (Phi) is 4.24. The van der Waals surface area contributed by atoms with Gasteiger partial charge in [0.25, 0.3) is 0 Å². The topological polar surface area (TPSA) is 61.4 Å². The van der Waals surface area contributed by atoms with E-state index in [4.69, 9.17) is 19.9 Å². The minimum absolute atomic E-state index is 0.833. The van der Waals surface area contributed by atoms with Gasteiger partial charge in [0.2, 0.25) is 0 Å². The summed E-state index contributed by atoms with van der Waals surface area (Å²) in [5.74, 6) is 1.69. The minimum atomic E-state index is 0.833. The van der Waals surface area contributed by atoms with Gasteiger partial charge >= 0.3 is 0 Å². The van der Waals surface area contributed by atoms with E-state index in [9.17, 15) is 0 Å². The van der Waals surface area contributed by atoms with Gasteiger partial charge in [-0.1, -0.05) is 66.7 Å². The van der Waals surface area contributed by atoms with Crippen LogP contribution in [0.2, 0.25) is 0 Å². The van der Waals surface area contributed by atoms with Gasteiger partial charge in [-0.3, -0.25) is 14.1 Å². The smallest absolute Gasteiger partial charge is 0.138 e. The molecule has 9 aromatic rings. The number of fused-ring (bicyclic) bond motifs is 8. The van der Waals surface area contributed by atoms with Crippen molar-refractivity contribution in [2.75, 3.05) is 0 Å². The fourth-order valence-corrected chi connectivity index (χ4v) is 5.98. The molecule has 6 heterocycles. The summed E-state index contributed by atoms with van der Waals surface area (Å²) in [4.78, 5) is 19.8. The molecule has 0 atom stereocenters. The Balaban J connectivity index is 1.43. The average Bonchev–Trinajstić information content (AvgIpc) is 3.51. The minimum Gasteiger partial charge on any atom is -0.292 e. The zero-order valence-corrected chi connectivity index (χ0v) is 21.2. The quantitative estimate of drug-likeness (QED) is 0.237. The Morgan fingerprint density at radius 1 is 0.425 bits per heavy atom. The lowest BCUT2D eigenvalue weighted by atomic mass is 10.2. The maximum atomic E-state index is 5.29. The SMILES string of the molecule is c1ccc2cc(-n3c4ccccc4c4nc5c6ncccc6n(-c6cc7ccccc7cn6)c5cc43)ncc2c1. The van der Waals surface area contributed by atoms with E-state index >= 15 is 0 Å². The second-order valence-corrected chi connectivity index (χ2v) is 10.1. The van der Waals surface area contributed by atoms with Crippen molar-refractivity contribution in [3.8, 4) is 11.6 Å². The zero-order chi connectivity index (χ0) is 26.2. The molecule has 6 nitrogen and oxygen atoms in total. The number of rotatable bonds is 2. The van der Waals surface area contributed by atoms with Crippen LogP contribution < -0.4 is 0 Å². The van der Waals surface area contributed by atoms with Crippen LogP contribution in [0.25, 0.3) is 77.2 Å². The summed E-state index contributed by atoms with van der Waals surface area (Å²) in [6.07, 6.45) is 5.70. The van der Waals surface area contributed by atoms with Crippen molar-refractivity contribution in [3.05, 3.63) is 122 Å². The number of hydrogen-bond acceptors (Lipinski definition) is 4. The lowest BCUT2D eigenvalue weighted by molar-refractivity contribution is 1.08. The molecule has 0 radical (unpaired) electrons. The van der Waals surface area contributed by atoms with E-state index in [1.165, 1.54) is 0 Å². The van der Waals surface area contributed by atoms with Gasteiger partial charge in [-0.2, -0.15) is 0 Å². The number of hydrogen-bond donors (Lipinski definition) is 0. The molecule has 3 aromatic carbocycles. The molecule has 0 bridgehead atoms. The molecule has 0 fully saturated rings. The van der Waals surface area contributed by atoms with Crippen LogP contribution >= 0.6 is 0 Å². The summed E-state index contributed by atoms with van der Waals surface area (Å²) < 4.78 is 4.39. The zero-order valence-electron chi connectivity index (χ0n) is 21.2. The highest BCUT2D eigenvalue weighted by Crippen LogP contribution is 2.37. The Morgan fingerprint density at radius 3 is 1.73 bits per heavy atom. The first-order chi connectivity index (χ1) is 19.8. The van der Waals surface area contributed by atoms with Crippen molar-refractivity contribution >= 4 is 65.5 Å². The largest absolute Gasteiger partial charge is 0.292 e. The molecular formula is C34H20N6. The van der Waals surface area contributed by atoms with Crippen molar-refractivity contribution in [1.82, 2.24) is 29.1 Å². The van der Waals surface area contributed by atoms with Crippen LogP contribution in [0.4, 0.5) is 0 Å². The maximum absolute atomic E-state index is 5.29. The van der Waals surface area contributed by atoms with Gasteiger partial charge in [0, 0.05) is 34.7 Å². The average molecular weight is 513 g/mol. The molecule has 0 unspecified atom stereocenters. The van der Waals surface area contributed by atoms with Crippen molar-refractivity contribution in [1.29, 1.82) is 0 Å². The molecule has 40 heavy (non-hydrogen) atoms. The molecule has 0 aliphatic carbocycles. The van der Waals surface area contributed by atoms with Gasteiger partial charge in [0.05, 0.1) is 27.6 Å². The second kappa shape index (κ2) is 7.94. The third kappa shape index (κ3) is 2.93. The fourth-order valence-electron chi connectivity index (χ4n) is 5.98. The highest BCUT2D eigenvalue weighted by Gasteiger charge is 2.21. The van der Waals surface area contributed by atoms with E-state index < -0.39 is 0 Å². The predicted octanol–water partition coefficient (Wildman–Crippen LogP) is 7.77. The van der Waals surface area contributed by atoms with Crippen molar-refractivity contribution in [2.45, 2.75) is 0 Å². The molecule has 0 saturated carbocycles. The summed E-state index contributed by atoms with van der Waals surface area (Å²) in [5, 5.41) is 5.57. The first-order valence-electron chi connectivity index (χ1n) is 13.2. The van der Waals surface area contributed by atoms with Gasteiger partial charge in [-0.05, 0) is 47.2 Å². The van der Waals surface area contributed by atoms with Crippen LogP contribution in [0.5, 0.6) is 0 Å². The third-order valence-corrected chi connectivity index (χ3v) is 7.81. The Hall–Kier alpha value is -5.62. The Morgan fingerprint density at radius 2 is 1.00 bits per heavy atom. The highest BCUT2D eigenvalue weighted by molar-refractivity contribution is 6.14. The van der Waals surface area contributed by atoms with E-state index in [1.54, 1.807) is 0 Å². The summed E-state index contributed by atoms with van der Waals surface area (Å²) in [6.45, 7) is 0. The van der Waals surface area contributed by atoms with Crippen LogP contribution in [-0.4, -0.2) is 29.1 Å². The van der Waals surface area contributed by atoms with Crippen LogP contribution in [0.15, 0.2) is 122 Å². The Labute approximate surface area is 227 Å². The molecule has 0 amide bonds. The van der Waals surface area contributed by atoms with Gasteiger partial charge in [-0.15, -0.1) is 0 Å². The molecule has 9 rings (SSSR count). The number of benzene rings is 3. The van der Waals surface area contributed by atoms with E-state index in [2.05, 4.69) is 94.1 Å². The first-order valence-corrected chi connectivity index (χ1v) is 13.2. The molecule has 6 aromatic heterocycles. The normalized spacial score (nSPS) is 12.0. The maximum Gasteiger partial charge on any atom is 0.138 e. The van der Waals surface area contributed by atoms with Gasteiger partial charge in [0.15, 0.2) is 0 Å². The van der Waals surface area contributed by atoms with E-state index in [0.29, 0.717) is 0 Å². The molecule has 0 saturated heterocycles. The number of para-hydroxylation sites is 1. The summed E-state index contributed by atoms with van der Waals surface area (Å²) in [6, 6.07) is 35.5. The van der Waals surface area contributed by atoms with Crippen molar-refractivity contribution in [2.24, 2.45) is 0 Å². The van der Waals surface area contributed by atoms with Gasteiger partial charge in [-0.25, -0.2) is 15.0 Å². The summed E-state index contributed by atoms with van der Waals surface area (Å²) >= 11 is 0. The number of nitrogens with zero attached hydrogens (tertiary/aromatic N) is 6. The Bertz CT molecular complexity index is 2280. The predicted molar refractivity (Wildman–Crippen MR) is 161 cm³/mol. The monoisotopic (exact) mass is 512 g/mol. The van der Waals surface area contributed by atoms with Crippen LogP contribution in [0, 0.1) is 0 Å². The highest BCUT2D eigenvalue weighted by atomic mass is 15.1. The second-order valence-electron chi connectivity index (χ2n) is 10.1. The standard InChI is InChI=1S/C34H20N6/c1-3-10-23-19-36-30(16-21(23)8-1)39-26-13-6-5-12-25(26)32-28(39)18-29-34(38-32)33-27(14-7-15-35-33)40(29)31-17-22-9-2-4-11-24(22)20-37-31/h1-20H. The lowest BCUT2D eigenvalue weighted by Gasteiger charge is -2.10. The lowest BCUT2D eigenvalue weighted by Crippen LogP contribution is -1.99. The van der Waals surface area contributed by atoms with E-state index in [-0.39, 0.29) is 0 Å². The third-order valence-electron chi connectivity index (χ3n) is 7.81. The number of pyridine rings is 4. The molecule has 6 heteroatoms. The fraction of sp³-hybridized carbons (Fsp3) is 0. The summed E-state index contributed by atoms with van der Waals surface area (Å²) in [5.41, 5.74) is 6.61. The molecule has 186 valence electrons. The van der Waals surface area contributed by atoms with Crippen LogP contribution in [-0.2, 0) is 0 Å². The van der Waals surface area contributed by atoms with Crippen LogP contribution in [0.1, 0.15) is 0 Å². The summed E-state index contributed by atoms with van der Waals surface area (Å²) in [7, 11) is 0. The first kappa shape index (κ1) is 21.3. The van der Waals surface area contributed by atoms with Gasteiger partial charge < -0.3 is 0 Å². The molecule has 0 spiro atoms. The van der Waals surface area contributed by atoms with Crippen LogP contribution in [0.3, 0.4) is 0 Å². The molecular weight excluding hydrogens is 492 g/mol. The van der Waals surface area contributed by atoms with E-state index in [0.717, 1.165) is 77.2 Å². The molecule has 0 aliphatic rings. The van der Waals surface area contributed by atoms with Crippen molar-refractivity contribution in [3.63, 3.8) is 0 Å². The van der Waals surface area contributed by atoms with Gasteiger partial charge in [0.1, 0.15) is 22.7 Å². The number of aromatic nitrogens is 6. The van der Waals surface area contributed by atoms with Crippen molar-refractivity contribution < 1.29 is 0 Å². The molecule has 0 aliphatic heterocycles. The molecule has 0 N–H and O–H groups in total. The van der Waals surface area contributed by atoms with E-state index in [1.807, 2.05) is 36.8 Å².